The molecular weight excluding hydrogens is 252 g/mol. The second kappa shape index (κ2) is 5.67. The van der Waals surface area contributed by atoms with Gasteiger partial charge in [0.15, 0.2) is 0 Å². The molecule has 0 radical (unpaired) electrons. The Bertz CT molecular complexity index is 479. The maximum atomic E-state index is 10.0. The number of hydrogen-bond donors (Lipinski definition) is 1. The Hall–Kier alpha value is -0.830. The summed E-state index contributed by atoms with van der Waals surface area (Å²) in [5.74, 6) is 0. The molecule has 0 aliphatic carbocycles. The van der Waals surface area contributed by atoms with Crippen LogP contribution in [-0.2, 0) is 12.8 Å². The number of aliphatic hydroxyl groups excluding tert-OH is 1. The van der Waals surface area contributed by atoms with E-state index >= 15 is 0 Å². The number of hydrogen-bond acceptors (Lipinski definition) is 2. The molecule has 2 rings (SSSR count). The van der Waals surface area contributed by atoms with Crippen LogP contribution >= 0.6 is 22.9 Å². The monoisotopic (exact) mass is 266 g/mol. The van der Waals surface area contributed by atoms with Crippen molar-refractivity contribution >= 4 is 22.9 Å². The summed E-state index contributed by atoms with van der Waals surface area (Å²) in [6, 6.07) is 8.01. The van der Waals surface area contributed by atoms with Gasteiger partial charge >= 0.3 is 0 Å². The third-order valence-electron chi connectivity index (χ3n) is 2.72. The van der Waals surface area contributed by atoms with Gasteiger partial charge in [-0.05, 0) is 52.9 Å². The van der Waals surface area contributed by atoms with Gasteiger partial charge in [-0.2, -0.15) is 11.3 Å². The molecule has 1 atom stereocenters. The number of thiophene rings is 1. The molecule has 1 heterocycles. The van der Waals surface area contributed by atoms with Gasteiger partial charge in [0.1, 0.15) is 0 Å². The quantitative estimate of drug-likeness (QED) is 0.891. The third-order valence-corrected chi connectivity index (χ3v) is 3.80. The lowest BCUT2D eigenvalue weighted by molar-refractivity contribution is 0.175. The highest BCUT2D eigenvalue weighted by Gasteiger charge is 2.09. The lowest BCUT2D eigenvalue weighted by Crippen LogP contribution is -2.13. The topological polar surface area (TPSA) is 20.2 Å². The summed E-state index contributed by atoms with van der Waals surface area (Å²) in [6.45, 7) is 2.01. The molecule has 0 saturated carbocycles. The van der Waals surface area contributed by atoms with Crippen molar-refractivity contribution in [2.75, 3.05) is 0 Å². The second-order valence-electron chi connectivity index (χ2n) is 4.29. The molecule has 0 amide bonds. The van der Waals surface area contributed by atoms with Gasteiger partial charge in [-0.15, -0.1) is 0 Å². The van der Waals surface area contributed by atoms with Crippen LogP contribution in [0.2, 0.25) is 5.02 Å². The number of benzene rings is 1. The molecule has 0 bridgehead atoms. The first-order chi connectivity index (χ1) is 8.15. The predicted molar refractivity (Wildman–Crippen MR) is 73.9 cm³/mol. The molecule has 0 saturated heterocycles. The highest BCUT2D eigenvalue weighted by molar-refractivity contribution is 7.07. The van der Waals surface area contributed by atoms with E-state index in [1.807, 2.05) is 36.6 Å². The molecular formula is C14H15ClOS. The highest BCUT2D eigenvalue weighted by Crippen LogP contribution is 2.20. The predicted octanol–water partition coefficient (Wildman–Crippen LogP) is 3.86. The zero-order chi connectivity index (χ0) is 12.3. The molecule has 0 aliphatic rings. The lowest BCUT2D eigenvalue weighted by Gasteiger charge is -2.11. The molecule has 0 spiro atoms. The normalized spacial score (nSPS) is 12.6. The molecule has 1 unspecified atom stereocenters. The van der Waals surface area contributed by atoms with E-state index in [1.54, 1.807) is 11.3 Å². The number of aliphatic hydroxyl groups is 1. The van der Waals surface area contributed by atoms with E-state index in [2.05, 4.69) is 5.38 Å². The minimum Gasteiger partial charge on any atom is -0.392 e. The zero-order valence-corrected chi connectivity index (χ0v) is 11.3. The van der Waals surface area contributed by atoms with E-state index in [-0.39, 0.29) is 6.10 Å². The average Bonchev–Trinajstić information content (AvgIpc) is 2.75. The molecule has 2 aromatic rings. The van der Waals surface area contributed by atoms with Crippen LogP contribution in [0.4, 0.5) is 0 Å². The summed E-state index contributed by atoms with van der Waals surface area (Å²) in [5.41, 5.74) is 3.34. The average molecular weight is 267 g/mol. The Balaban J connectivity index is 2.00. The summed E-state index contributed by atoms with van der Waals surface area (Å²) in [7, 11) is 0. The number of aryl methyl sites for hydroxylation is 1. The molecule has 17 heavy (non-hydrogen) atoms. The number of halogens is 1. The van der Waals surface area contributed by atoms with E-state index in [4.69, 9.17) is 11.6 Å². The van der Waals surface area contributed by atoms with Crippen molar-refractivity contribution in [2.45, 2.75) is 25.9 Å². The Morgan fingerprint density at radius 2 is 2.12 bits per heavy atom. The van der Waals surface area contributed by atoms with Gasteiger partial charge < -0.3 is 5.11 Å². The smallest absolute Gasteiger partial charge is 0.0621 e. The van der Waals surface area contributed by atoms with Crippen molar-refractivity contribution in [3.05, 3.63) is 56.7 Å². The van der Waals surface area contributed by atoms with E-state index in [9.17, 15) is 5.11 Å². The summed E-state index contributed by atoms with van der Waals surface area (Å²) < 4.78 is 0. The van der Waals surface area contributed by atoms with E-state index < -0.39 is 0 Å². The molecule has 1 aromatic carbocycles. The Labute approximate surface area is 111 Å². The van der Waals surface area contributed by atoms with Crippen molar-refractivity contribution in [3.8, 4) is 0 Å². The van der Waals surface area contributed by atoms with Crippen LogP contribution in [0.5, 0.6) is 0 Å². The maximum absolute atomic E-state index is 10.0. The van der Waals surface area contributed by atoms with Gasteiger partial charge in [0.2, 0.25) is 0 Å². The van der Waals surface area contributed by atoms with E-state index in [0.29, 0.717) is 12.8 Å². The molecule has 1 nitrogen and oxygen atoms in total. The minimum absolute atomic E-state index is 0.371. The molecule has 1 aromatic heterocycles. The van der Waals surface area contributed by atoms with Gasteiger partial charge in [0.05, 0.1) is 6.10 Å². The number of rotatable bonds is 4. The van der Waals surface area contributed by atoms with Gasteiger partial charge in [-0.25, -0.2) is 0 Å². The van der Waals surface area contributed by atoms with Crippen LogP contribution < -0.4 is 0 Å². The van der Waals surface area contributed by atoms with Crippen LogP contribution in [-0.4, -0.2) is 11.2 Å². The SMILES string of the molecule is Cc1ccc(CC(O)Cc2ccsc2)c(Cl)c1. The summed E-state index contributed by atoms with van der Waals surface area (Å²) in [6.07, 6.45) is 0.924. The highest BCUT2D eigenvalue weighted by atomic mass is 35.5. The van der Waals surface area contributed by atoms with Crippen molar-refractivity contribution in [1.29, 1.82) is 0 Å². The molecule has 1 N–H and O–H groups in total. The van der Waals surface area contributed by atoms with Crippen LogP contribution in [0, 0.1) is 6.92 Å². The van der Waals surface area contributed by atoms with Crippen LogP contribution in [0.25, 0.3) is 0 Å². The van der Waals surface area contributed by atoms with Gasteiger partial charge in [0, 0.05) is 11.4 Å². The Kier molecular flexibility index (Phi) is 4.21. The maximum Gasteiger partial charge on any atom is 0.0621 e. The van der Waals surface area contributed by atoms with Crippen molar-refractivity contribution < 1.29 is 5.11 Å². The molecule has 90 valence electrons. The largest absolute Gasteiger partial charge is 0.392 e. The van der Waals surface area contributed by atoms with Crippen LogP contribution in [0.3, 0.4) is 0 Å². The zero-order valence-electron chi connectivity index (χ0n) is 9.69. The first-order valence-corrected chi connectivity index (χ1v) is 6.91. The van der Waals surface area contributed by atoms with Gasteiger partial charge in [-0.3, -0.25) is 0 Å². The van der Waals surface area contributed by atoms with Crippen LogP contribution in [0.15, 0.2) is 35.0 Å². The lowest BCUT2D eigenvalue weighted by atomic mass is 10.0. The molecule has 0 aliphatic heterocycles. The van der Waals surface area contributed by atoms with Gasteiger partial charge in [0.25, 0.3) is 0 Å². The molecule has 3 heteroatoms. The van der Waals surface area contributed by atoms with Crippen LogP contribution in [0.1, 0.15) is 16.7 Å². The summed E-state index contributed by atoms with van der Waals surface area (Å²) in [5, 5.41) is 14.9. The molecule has 0 fully saturated rings. The van der Waals surface area contributed by atoms with Crippen molar-refractivity contribution in [1.82, 2.24) is 0 Å². The van der Waals surface area contributed by atoms with Crippen molar-refractivity contribution in [3.63, 3.8) is 0 Å². The minimum atomic E-state index is -0.371. The van der Waals surface area contributed by atoms with Crippen molar-refractivity contribution in [2.24, 2.45) is 0 Å². The third kappa shape index (κ3) is 3.56. The van der Waals surface area contributed by atoms with Gasteiger partial charge in [-0.1, -0.05) is 23.7 Å². The second-order valence-corrected chi connectivity index (χ2v) is 5.48. The summed E-state index contributed by atoms with van der Waals surface area (Å²) in [4.78, 5) is 0. The fourth-order valence-electron chi connectivity index (χ4n) is 1.82. The first-order valence-electron chi connectivity index (χ1n) is 5.59. The first kappa shape index (κ1) is 12.6. The Morgan fingerprint density at radius 3 is 2.76 bits per heavy atom. The summed E-state index contributed by atoms with van der Waals surface area (Å²) >= 11 is 7.80. The van der Waals surface area contributed by atoms with E-state index in [0.717, 1.165) is 16.1 Å². The van der Waals surface area contributed by atoms with E-state index in [1.165, 1.54) is 5.56 Å². The fraction of sp³-hybridized carbons (Fsp3) is 0.286. The fourth-order valence-corrected chi connectivity index (χ4v) is 2.82. The Morgan fingerprint density at radius 1 is 1.29 bits per heavy atom. The standard InChI is InChI=1S/C14H15ClOS/c1-10-2-3-12(14(15)6-10)8-13(16)7-11-4-5-17-9-11/h2-6,9,13,16H,7-8H2,1H3.